The van der Waals surface area contributed by atoms with Crippen LogP contribution in [0.1, 0.15) is 31.2 Å². The summed E-state index contributed by atoms with van der Waals surface area (Å²) >= 11 is 1.58. The molecule has 0 aliphatic heterocycles. The number of anilines is 1. The van der Waals surface area contributed by atoms with E-state index in [1.54, 1.807) is 23.9 Å². The molecule has 3 aromatic rings. The number of rotatable bonds is 7. The van der Waals surface area contributed by atoms with Crippen molar-refractivity contribution in [3.05, 3.63) is 39.9 Å². The average molecular weight is 371 g/mol. The van der Waals surface area contributed by atoms with E-state index in [1.807, 2.05) is 6.07 Å². The molecule has 1 fully saturated rings. The lowest BCUT2D eigenvalue weighted by Gasteiger charge is -2.07. The molecule has 1 aliphatic rings. The van der Waals surface area contributed by atoms with E-state index in [4.69, 9.17) is 0 Å². The second-order valence-corrected chi connectivity index (χ2v) is 7.21. The second-order valence-electron chi connectivity index (χ2n) is 6.14. The van der Waals surface area contributed by atoms with Crippen molar-refractivity contribution < 1.29 is 4.92 Å². The highest BCUT2D eigenvalue weighted by molar-refractivity contribution is 7.99. The molecule has 1 saturated carbocycles. The first-order valence-electron chi connectivity index (χ1n) is 8.38. The monoisotopic (exact) mass is 371 g/mol. The van der Waals surface area contributed by atoms with Gasteiger partial charge in [-0.3, -0.25) is 10.1 Å². The average Bonchev–Trinajstić information content (AvgIpc) is 3.24. The molecule has 2 atom stereocenters. The zero-order chi connectivity index (χ0) is 18.1. The van der Waals surface area contributed by atoms with Crippen LogP contribution in [0.3, 0.4) is 0 Å². The van der Waals surface area contributed by atoms with E-state index in [2.05, 4.69) is 37.6 Å². The van der Waals surface area contributed by atoms with E-state index in [0.29, 0.717) is 22.1 Å². The van der Waals surface area contributed by atoms with Crippen molar-refractivity contribution >= 4 is 34.4 Å². The van der Waals surface area contributed by atoms with E-state index in [0.717, 1.165) is 24.2 Å². The minimum absolute atomic E-state index is 0.118. The summed E-state index contributed by atoms with van der Waals surface area (Å²) in [5, 5.41) is 25.8. The van der Waals surface area contributed by atoms with Crippen molar-refractivity contribution in [3.8, 4) is 0 Å². The molecule has 2 N–H and O–H groups in total. The van der Waals surface area contributed by atoms with Gasteiger partial charge in [-0.15, -0.1) is 5.10 Å². The van der Waals surface area contributed by atoms with Gasteiger partial charge in [0.15, 0.2) is 16.5 Å². The Labute approximate surface area is 153 Å². The van der Waals surface area contributed by atoms with Gasteiger partial charge in [0.05, 0.1) is 4.92 Å². The molecule has 10 heteroatoms. The summed E-state index contributed by atoms with van der Waals surface area (Å²) in [6.07, 6.45) is 1.92. The van der Waals surface area contributed by atoms with E-state index < -0.39 is 0 Å². The standard InChI is InChI=1S/C16H17N7O2S/c1-2-6-26-16-18-14(13-15(19-16)21-22-20-13)17-12-8-11(12)9-4-3-5-10(7-9)23(24)25/h3-5,7,11-12H,2,6,8H2,1H3,(H2,17,18,19,20,21,22). The van der Waals surface area contributed by atoms with Crippen LogP contribution in [0, 0.1) is 10.1 Å². The Kier molecular flexibility index (Phi) is 4.41. The van der Waals surface area contributed by atoms with Crippen LogP contribution >= 0.6 is 11.8 Å². The maximum atomic E-state index is 11.0. The number of hydrogen-bond donors (Lipinski definition) is 2. The molecule has 0 saturated heterocycles. The van der Waals surface area contributed by atoms with Crippen molar-refractivity contribution in [2.75, 3.05) is 11.1 Å². The van der Waals surface area contributed by atoms with Gasteiger partial charge < -0.3 is 5.32 Å². The fourth-order valence-corrected chi connectivity index (χ4v) is 3.55. The van der Waals surface area contributed by atoms with E-state index >= 15 is 0 Å². The fourth-order valence-electron chi connectivity index (χ4n) is 2.85. The van der Waals surface area contributed by atoms with Gasteiger partial charge in [-0.2, -0.15) is 15.3 Å². The van der Waals surface area contributed by atoms with Crippen LogP contribution in [-0.2, 0) is 0 Å². The van der Waals surface area contributed by atoms with Crippen LogP contribution in [0.4, 0.5) is 11.5 Å². The van der Waals surface area contributed by atoms with Gasteiger partial charge in [0.2, 0.25) is 5.65 Å². The number of aromatic amines is 1. The fraction of sp³-hybridized carbons (Fsp3) is 0.375. The minimum atomic E-state index is -0.366. The number of H-pyrrole nitrogens is 1. The lowest BCUT2D eigenvalue weighted by Crippen LogP contribution is -2.08. The summed E-state index contributed by atoms with van der Waals surface area (Å²) in [6, 6.07) is 6.96. The van der Waals surface area contributed by atoms with Gasteiger partial charge in [0.1, 0.15) is 0 Å². The van der Waals surface area contributed by atoms with Crippen molar-refractivity contribution in [3.63, 3.8) is 0 Å². The third kappa shape index (κ3) is 3.32. The maximum absolute atomic E-state index is 11.0. The number of benzene rings is 1. The van der Waals surface area contributed by atoms with E-state index in [-0.39, 0.29) is 22.6 Å². The predicted molar refractivity (Wildman–Crippen MR) is 98.4 cm³/mol. The summed E-state index contributed by atoms with van der Waals surface area (Å²) < 4.78 is 0. The summed E-state index contributed by atoms with van der Waals surface area (Å²) in [4.78, 5) is 19.6. The Morgan fingerprint density at radius 2 is 2.27 bits per heavy atom. The first-order chi connectivity index (χ1) is 12.7. The second kappa shape index (κ2) is 6.87. The van der Waals surface area contributed by atoms with Crippen molar-refractivity contribution in [2.24, 2.45) is 0 Å². The molecule has 1 aromatic carbocycles. The molecule has 134 valence electrons. The molecule has 0 spiro atoms. The van der Waals surface area contributed by atoms with Crippen molar-refractivity contribution in [1.82, 2.24) is 25.4 Å². The molecule has 0 bridgehead atoms. The Hall–Kier alpha value is -2.75. The Balaban J connectivity index is 1.54. The van der Waals surface area contributed by atoms with Crippen LogP contribution in [-0.4, -0.2) is 42.1 Å². The molecule has 9 nitrogen and oxygen atoms in total. The molecule has 2 aromatic heterocycles. The molecular formula is C16H17N7O2S. The number of hydrogen-bond acceptors (Lipinski definition) is 8. The smallest absolute Gasteiger partial charge is 0.269 e. The van der Waals surface area contributed by atoms with Gasteiger partial charge in [0, 0.05) is 29.8 Å². The Morgan fingerprint density at radius 3 is 3.08 bits per heavy atom. The lowest BCUT2D eigenvalue weighted by molar-refractivity contribution is -0.384. The summed E-state index contributed by atoms with van der Waals surface area (Å²) in [5.41, 5.74) is 2.22. The minimum Gasteiger partial charge on any atom is -0.365 e. The molecule has 26 heavy (non-hydrogen) atoms. The van der Waals surface area contributed by atoms with Gasteiger partial charge in [0.25, 0.3) is 5.69 Å². The van der Waals surface area contributed by atoms with Gasteiger partial charge in [-0.05, 0) is 18.4 Å². The van der Waals surface area contributed by atoms with Crippen LogP contribution in [0.5, 0.6) is 0 Å². The zero-order valence-corrected chi connectivity index (χ0v) is 14.9. The molecular weight excluding hydrogens is 354 g/mol. The summed E-state index contributed by atoms with van der Waals surface area (Å²) in [5.74, 6) is 1.81. The third-order valence-corrected chi connectivity index (χ3v) is 5.27. The van der Waals surface area contributed by atoms with E-state index in [9.17, 15) is 10.1 Å². The maximum Gasteiger partial charge on any atom is 0.269 e. The number of thioether (sulfide) groups is 1. The topological polar surface area (TPSA) is 123 Å². The highest BCUT2D eigenvalue weighted by Crippen LogP contribution is 2.44. The number of nitrogens with one attached hydrogen (secondary N) is 2. The summed E-state index contributed by atoms with van der Waals surface area (Å²) in [6.45, 7) is 2.11. The number of nitro groups is 1. The highest BCUT2D eigenvalue weighted by atomic mass is 32.2. The van der Waals surface area contributed by atoms with Crippen LogP contribution in [0.25, 0.3) is 11.2 Å². The number of aromatic nitrogens is 5. The van der Waals surface area contributed by atoms with Crippen molar-refractivity contribution in [1.29, 1.82) is 0 Å². The molecule has 0 amide bonds. The van der Waals surface area contributed by atoms with Gasteiger partial charge >= 0.3 is 0 Å². The first-order valence-corrected chi connectivity index (χ1v) is 9.36. The molecule has 2 heterocycles. The highest BCUT2D eigenvalue weighted by Gasteiger charge is 2.39. The van der Waals surface area contributed by atoms with Crippen LogP contribution < -0.4 is 5.32 Å². The first kappa shape index (κ1) is 16.7. The molecule has 4 rings (SSSR count). The van der Waals surface area contributed by atoms with Gasteiger partial charge in [-0.25, -0.2) is 4.98 Å². The number of non-ortho nitro benzene ring substituents is 1. The SMILES string of the molecule is CCCSc1nc(NC2CC2c2cccc([N+](=O)[O-])c2)c2n[nH]nc2n1. The van der Waals surface area contributed by atoms with Crippen molar-refractivity contribution in [2.45, 2.75) is 36.9 Å². The Bertz CT molecular complexity index is 961. The van der Waals surface area contributed by atoms with Crippen LogP contribution in [0.2, 0.25) is 0 Å². The summed E-state index contributed by atoms with van der Waals surface area (Å²) in [7, 11) is 0. The number of nitro benzene ring substituents is 1. The molecule has 1 aliphatic carbocycles. The normalized spacial score (nSPS) is 18.8. The zero-order valence-electron chi connectivity index (χ0n) is 14.0. The van der Waals surface area contributed by atoms with Crippen LogP contribution in [0.15, 0.2) is 29.4 Å². The van der Waals surface area contributed by atoms with Gasteiger partial charge in [-0.1, -0.05) is 30.8 Å². The number of fused-ring (bicyclic) bond motifs is 1. The number of nitrogens with zero attached hydrogens (tertiary/aromatic N) is 5. The molecule has 2 unspecified atom stereocenters. The largest absolute Gasteiger partial charge is 0.365 e. The predicted octanol–water partition coefficient (Wildman–Crippen LogP) is 3.13. The lowest BCUT2D eigenvalue weighted by atomic mass is 10.1. The quantitative estimate of drug-likeness (QED) is 0.281. The van der Waals surface area contributed by atoms with E-state index in [1.165, 1.54) is 6.07 Å². The molecule has 0 radical (unpaired) electrons. The third-order valence-electron chi connectivity index (χ3n) is 4.22. The Morgan fingerprint density at radius 1 is 1.38 bits per heavy atom.